The fourth-order valence-electron chi connectivity index (χ4n) is 1.94. The van der Waals surface area contributed by atoms with Crippen molar-refractivity contribution in [2.75, 3.05) is 19.0 Å². The molecule has 1 unspecified atom stereocenters. The highest BCUT2D eigenvalue weighted by atomic mass is 35.5. The highest BCUT2D eigenvalue weighted by molar-refractivity contribution is 5.90. The van der Waals surface area contributed by atoms with Gasteiger partial charge in [0.1, 0.15) is 5.82 Å². The molecule has 1 rings (SSSR count). The van der Waals surface area contributed by atoms with Crippen molar-refractivity contribution in [2.45, 2.75) is 39.7 Å². The molecule has 3 N–H and O–H groups in total. The van der Waals surface area contributed by atoms with Gasteiger partial charge in [-0.05, 0) is 11.8 Å². The molecule has 6 nitrogen and oxygen atoms in total. The quantitative estimate of drug-likeness (QED) is 0.837. The molecule has 0 aliphatic carbocycles. The monoisotopic (exact) mass is 318 g/mol. The molecule has 0 fully saturated rings. The van der Waals surface area contributed by atoms with Crippen molar-refractivity contribution in [1.82, 2.24) is 9.78 Å². The summed E-state index contributed by atoms with van der Waals surface area (Å²) in [4.78, 5) is 11.9. The van der Waals surface area contributed by atoms with Crippen molar-refractivity contribution in [3.05, 3.63) is 11.8 Å². The van der Waals surface area contributed by atoms with E-state index in [0.717, 1.165) is 12.1 Å². The molecule has 0 aliphatic heterocycles. The zero-order chi connectivity index (χ0) is 15.3. The maximum Gasteiger partial charge on any atom is 0.228 e. The minimum atomic E-state index is -0.253. The lowest BCUT2D eigenvalue weighted by molar-refractivity contribution is -0.118. The first-order chi connectivity index (χ1) is 9.25. The summed E-state index contributed by atoms with van der Waals surface area (Å²) in [6.07, 6.45) is 0.852. The Labute approximate surface area is 132 Å². The molecule has 1 heterocycles. The Morgan fingerprint density at radius 2 is 2.14 bits per heavy atom. The van der Waals surface area contributed by atoms with Gasteiger partial charge in [-0.25, -0.2) is 0 Å². The van der Waals surface area contributed by atoms with Crippen LogP contribution in [-0.2, 0) is 23.0 Å². The molecule has 0 spiro atoms. The molecule has 1 aromatic rings. The topological polar surface area (TPSA) is 82.2 Å². The minimum absolute atomic E-state index is 0. The van der Waals surface area contributed by atoms with Gasteiger partial charge in [0.2, 0.25) is 5.91 Å². The first-order valence-electron chi connectivity index (χ1n) is 6.81. The lowest BCUT2D eigenvalue weighted by atomic mass is 9.91. The molecule has 21 heavy (non-hydrogen) atoms. The number of nitrogens with one attached hydrogen (secondary N) is 1. The van der Waals surface area contributed by atoms with Crippen LogP contribution in [0.5, 0.6) is 0 Å². The van der Waals surface area contributed by atoms with Crippen LogP contribution in [0, 0.1) is 5.41 Å². The second kappa shape index (κ2) is 8.36. The number of carbonyl (C=O) groups is 1. The summed E-state index contributed by atoms with van der Waals surface area (Å²) in [5.41, 5.74) is 6.64. The maximum atomic E-state index is 11.9. The van der Waals surface area contributed by atoms with Crippen molar-refractivity contribution in [3.8, 4) is 0 Å². The number of halogens is 1. The number of rotatable bonds is 6. The highest BCUT2D eigenvalue weighted by Crippen LogP contribution is 2.21. The Hall–Kier alpha value is -1.11. The van der Waals surface area contributed by atoms with E-state index < -0.39 is 0 Å². The summed E-state index contributed by atoms with van der Waals surface area (Å²) in [6, 6.07) is 1.91. The number of aryl methyl sites for hydroxylation is 1. The standard InChI is InChI=1S/C14H26N4O2.ClH/c1-14(2,3)8-10-6-12(18(4)17-10)16-13(19)7-11(9-15)20-5;/h6,11H,7-9,15H2,1-5H3,(H,16,19);1H. The highest BCUT2D eigenvalue weighted by Gasteiger charge is 2.17. The number of nitrogens with zero attached hydrogens (tertiary/aromatic N) is 2. The fraction of sp³-hybridized carbons (Fsp3) is 0.714. The molecule has 0 bridgehead atoms. The largest absolute Gasteiger partial charge is 0.380 e. The van der Waals surface area contributed by atoms with Gasteiger partial charge in [0.25, 0.3) is 0 Å². The Morgan fingerprint density at radius 3 is 2.62 bits per heavy atom. The van der Waals surface area contributed by atoms with Gasteiger partial charge in [-0.1, -0.05) is 20.8 Å². The number of anilines is 1. The summed E-state index contributed by atoms with van der Waals surface area (Å²) in [5.74, 6) is 0.578. The number of amides is 1. The lowest BCUT2D eigenvalue weighted by Crippen LogP contribution is -2.28. The van der Waals surface area contributed by atoms with E-state index in [1.165, 1.54) is 0 Å². The van der Waals surface area contributed by atoms with Crippen molar-refractivity contribution in [2.24, 2.45) is 18.2 Å². The lowest BCUT2D eigenvalue weighted by Gasteiger charge is -2.15. The Bertz CT molecular complexity index is 450. The van der Waals surface area contributed by atoms with E-state index in [1.807, 2.05) is 13.1 Å². The number of ether oxygens (including phenoxy) is 1. The molecule has 0 saturated carbocycles. The smallest absolute Gasteiger partial charge is 0.228 e. The van der Waals surface area contributed by atoms with Crippen LogP contribution in [0.1, 0.15) is 32.9 Å². The Morgan fingerprint density at radius 1 is 1.52 bits per heavy atom. The molecule has 1 atom stereocenters. The van der Waals surface area contributed by atoms with E-state index in [-0.39, 0.29) is 36.3 Å². The van der Waals surface area contributed by atoms with Gasteiger partial charge in [0.15, 0.2) is 0 Å². The third-order valence-electron chi connectivity index (χ3n) is 2.92. The summed E-state index contributed by atoms with van der Waals surface area (Å²) < 4.78 is 6.78. The van der Waals surface area contributed by atoms with E-state index in [0.29, 0.717) is 12.4 Å². The number of carbonyl (C=O) groups excluding carboxylic acids is 1. The fourth-order valence-corrected chi connectivity index (χ4v) is 1.94. The summed E-state index contributed by atoms with van der Waals surface area (Å²) in [7, 11) is 3.37. The second-order valence-electron chi connectivity index (χ2n) is 6.23. The van der Waals surface area contributed by atoms with Gasteiger partial charge in [-0.2, -0.15) is 5.10 Å². The molecule has 0 saturated heterocycles. The van der Waals surface area contributed by atoms with E-state index in [9.17, 15) is 4.79 Å². The second-order valence-corrected chi connectivity index (χ2v) is 6.23. The van der Waals surface area contributed by atoms with Crippen LogP contribution in [0.25, 0.3) is 0 Å². The number of methoxy groups -OCH3 is 1. The minimum Gasteiger partial charge on any atom is -0.380 e. The summed E-state index contributed by atoms with van der Waals surface area (Å²) >= 11 is 0. The average Bonchev–Trinajstić information content (AvgIpc) is 2.64. The Balaban J connectivity index is 0.00000400. The van der Waals surface area contributed by atoms with Gasteiger partial charge in [0.05, 0.1) is 18.2 Å². The third kappa shape index (κ3) is 6.93. The van der Waals surface area contributed by atoms with Crippen LogP contribution in [-0.4, -0.2) is 35.4 Å². The van der Waals surface area contributed by atoms with Gasteiger partial charge in [-0.15, -0.1) is 12.4 Å². The number of hydrogen-bond donors (Lipinski definition) is 2. The maximum absolute atomic E-state index is 11.9. The van der Waals surface area contributed by atoms with Crippen molar-refractivity contribution < 1.29 is 9.53 Å². The predicted molar refractivity (Wildman–Crippen MR) is 86.7 cm³/mol. The Kier molecular flexibility index (Phi) is 7.92. The van der Waals surface area contributed by atoms with Gasteiger partial charge < -0.3 is 15.8 Å². The van der Waals surface area contributed by atoms with Crippen LogP contribution < -0.4 is 11.1 Å². The summed E-state index contributed by atoms with van der Waals surface area (Å²) in [5, 5.41) is 7.26. The predicted octanol–water partition coefficient (Wildman–Crippen LogP) is 1.73. The van der Waals surface area contributed by atoms with E-state index in [4.69, 9.17) is 10.5 Å². The normalized spacial score (nSPS) is 12.7. The zero-order valence-electron chi connectivity index (χ0n) is 13.5. The molecule has 1 aromatic heterocycles. The van der Waals surface area contributed by atoms with Gasteiger partial charge in [-0.3, -0.25) is 9.48 Å². The average molecular weight is 319 g/mol. The number of hydrogen-bond acceptors (Lipinski definition) is 4. The molecule has 0 aromatic carbocycles. The van der Waals surface area contributed by atoms with E-state index in [2.05, 4.69) is 31.2 Å². The zero-order valence-corrected chi connectivity index (χ0v) is 14.3. The number of nitrogens with two attached hydrogens (primary N) is 1. The van der Waals surface area contributed by atoms with E-state index >= 15 is 0 Å². The van der Waals surface area contributed by atoms with Crippen LogP contribution in [0.3, 0.4) is 0 Å². The van der Waals surface area contributed by atoms with Gasteiger partial charge >= 0.3 is 0 Å². The third-order valence-corrected chi connectivity index (χ3v) is 2.92. The number of aromatic nitrogens is 2. The van der Waals surface area contributed by atoms with Crippen molar-refractivity contribution in [3.63, 3.8) is 0 Å². The SMILES string of the molecule is COC(CN)CC(=O)Nc1cc(CC(C)(C)C)nn1C.Cl. The molecule has 1 amide bonds. The van der Waals surface area contributed by atoms with Crippen LogP contribution in [0.15, 0.2) is 6.07 Å². The molecule has 0 radical (unpaired) electrons. The molecule has 7 heteroatoms. The van der Waals surface area contributed by atoms with Crippen molar-refractivity contribution >= 4 is 24.1 Å². The molecular weight excluding hydrogens is 292 g/mol. The molecule has 0 aliphatic rings. The summed E-state index contributed by atoms with van der Waals surface area (Å²) in [6.45, 7) is 6.80. The molecular formula is C14H27ClN4O2. The van der Waals surface area contributed by atoms with Crippen LogP contribution >= 0.6 is 12.4 Å². The first kappa shape index (κ1) is 19.9. The van der Waals surface area contributed by atoms with Crippen LogP contribution in [0.2, 0.25) is 0 Å². The van der Waals surface area contributed by atoms with Crippen LogP contribution in [0.4, 0.5) is 5.82 Å². The van der Waals surface area contributed by atoms with Crippen molar-refractivity contribution in [1.29, 1.82) is 0 Å². The first-order valence-corrected chi connectivity index (χ1v) is 6.81. The molecule has 122 valence electrons. The van der Waals surface area contributed by atoms with Gasteiger partial charge in [0, 0.05) is 26.8 Å². The van der Waals surface area contributed by atoms with E-state index in [1.54, 1.807) is 11.8 Å².